The first-order valence-corrected chi connectivity index (χ1v) is 8.00. The molecule has 1 heterocycles. The van der Waals surface area contributed by atoms with Crippen LogP contribution in [0.25, 0.3) is 0 Å². The molecule has 0 saturated carbocycles. The van der Waals surface area contributed by atoms with E-state index in [-0.39, 0.29) is 11.8 Å². The van der Waals surface area contributed by atoms with E-state index < -0.39 is 5.54 Å². The second-order valence-electron chi connectivity index (χ2n) is 6.18. The Labute approximate surface area is 137 Å². The number of para-hydroxylation sites is 1. The van der Waals surface area contributed by atoms with Crippen LogP contribution < -0.4 is 10.1 Å². The summed E-state index contributed by atoms with van der Waals surface area (Å²) >= 11 is 0. The number of nitrogens with zero attached hydrogens (tertiary/aromatic N) is 1. The maximum atomic E-state index is 12.3. The molecule has 0 aliphatic carbocycles. The van der Waals surface area contributed by atoms with E-state index in [0.717, 1.165) is 17.7 Å². The molecule has 1 unspecified atom stereocenters. The lowest BCUT2D eigenvalue weighted by atomic mass is 9.90. The summed E-state index contributed by atoms with van der Waals surface area (Å²) in [5.41, 5.74) is 0.329. The first-order valence-electron chi connectivity index (χ1n) is 8.00. The van der Waals surface area contributed by atoms with Crippen LogP contribution in [0.3, 0.4) is 0 Å². The molecular formula is C18H24N2O3. The molecule has 1 N–H and O–H groups in total. The molecule has 1 aliphatic rings. The highest BCUT2D eigenvalue weighted by Gasteiger charge is 2.34. The molecular weight excluding hydrogens is 292 g/mol. The smallest absolute Gasteiger partial charge is 0.221 e. The zero-order valence-corrected chi connectivity index (χ0v) is 13.8. The van der Waals surface area contributed by atoms with Crippen molar-refractivity contribution in [3.63, 3.8) is 0 Å². The third-order valence-electron chi connectivity index (χ3n) is 4.23. The first-order chi connectivity index (χ1) is 11.1. The van der Waals surface area contributed by atoms with Gasteiger partial charge in [0.15, 0.2) is 0 Å². The molecule has 1 aromatic carbocycles. The fourth-order valence-electron chi connectivity index (χ4n) is 2.94. The lowest BCUT2D eigenvalue weighted by Crippen LogP contribution is -2.51. The fourth-order valence-corrected chi connectivity index (χ4v) is 2.94. The number of methoxy groups -OCH3 is 1. The maximum absolute atomic E-state index is 12.3. The lowest BCUT2D eigenvalue weighted by Gasteiger charge is -2.31. The number of hydrogen-bond acceptors (Lipinski definition) is 4. The molecule has 0 radical (unpaired) electrons. The molecule has 1 atom stereocenters. The Kier molecular flexibility index (Phi) is 6.00. The highest BCUT2D eigenvalue weighted by Crippen LogP contribution is 2.23. The van der Waals surface area contributed by atoms with E-state index in [1.165, 1.54) is 0 Å². The van der Waals surface area contributed by atoms with Crippen LogP contribution in [0.1, 0.15) is 31.7 Å². The number of amides is 1. The van der Waals surface area contributed by atoms with Crippen molar-refractivity contribution in [2.45, 2.75) is 38.1 Å². The Morgan fingerprint density at radius 1 is 1.43 bits per heavy atom. The van der Waals surface area contributed by atoms with Crippen LogP contribution >= 0.6 is 0 Å². The monoisotopic (exact) mass is 316 g/mol. The molecule has 0 aromatic heterocycles. The van der Waals surface area contributed by atoms with E-state index in [1.807, 2.05) is 31.2 Å². The van der Waals surface area contributed by atoms with Crippen molar-refractivity contribution >= 4 is 5.91 Å². The normalized spacial score (nSPS) is 17.8. The predicted octanol–water partition coefficient (Wildman–Crippen LogP) is 2.45. The number of hydrogen-bond donors (Lipinski definition) is 1. The van der Waals surface area contributed by atoms with Crippen molar-refractivity contribution in [2.75, 3.05) is 20.3 Å². The zero-order valence-electron chi connectivity index (χ0n) is 13.8. The van der Waals surface area contributed by atoms with Crippen molar-refractivity contribution in [1.82, 2.24) is 5.32 Å². The van der Waals surface area contributed by atoms with Crippen molar-refractivity contribution in [1.29, 1.82) is 5.26 Å². The molecule has 0 spiro atoms. The largest absolute Gasteiger partial charge is 0.496 e. The summed E-state index contributed by atoms with van der Waals surface area (Å²) in [6.45, 7) is 3.07. The van der Waals surface area contributed by atoms with Crippen LogP contribution in [0, 0.1) is 17.2 Å². The topological polar surface area (TPSA) is 71.3 Å². The summed E-state index contributed by atoms with van der Waals surface area (Å²) in [6.07, 6.45) is 2.26. The molecule has 1 aliphatic heterocycles. The van der Waals surface area contributed by atoms with E-state index >= 15 is 0 Å². The summed E-state index contributed by atoms with van der Waals surface area (Å²) < 4.78 is 10.6. The number of carbonyl (C=O) groups excluding carboxylic acids is 1. The second kappa shape index (κ2) is 7.98. The molecule has 1 fully saturated rings. The van der Waals surface area contributed by atoms with Gasteiger partial charge in [0, 0.05) is 32.5 Å². The Bertz CT molecular complexity index is 574. The van der Waals surface area contributed by atoms with Gasteiger partial charge in [-0.1, -0.05) is 25.1 Å². The zero-order chi connectivity index (χ0) is 16.7. The molecule has 1 saturated heterocycles. The molecule has 5 nitrogen and oxygen atoms in total. The van der Waals surface area contributed by atoms with Gasteiger partial charge in [-0.25, -0.2) is 0 Å². The summed E-state index contributed by atoms with van der Waals surface area (Å²) in [5.74, 6) is 0.940. The van der Waals surface area contributed by atoms with E-state index in [9.17, 15) is 10.1 Å². The molecule has 1 amide bonds. The van der Waals surface area contributed by atoms with E-state index in [4.69, 9.17) is 9.47 Å². The van der Waals surface area contributed by atoms with Crippen LogP contribution in [0.5, 0.6) is 5.75 Å². The predicted molar refractivity (Wildman–Crippen MR) is 87.0 cm³/mol. The molecule has 0 bridgehead atoms. The molecule has 124 valence electrons. The summed E-state index contributed by atoms with van der Waals surface area (Å²) in [7, 11) is 1.65. The first kappa shape index (κ1) is 17.3. The van der Waals surface area contributed by atoms with Gasteiger partial charge >= 0.3 is 0 Å². The number of nitrogens with one attached hydrogen (secondary N) is 1. The second-order valence-corrected chi connectivity index (χ2v) is 6.18. The van der Waals surface area contributed by atoms with Gasteiger partial charge in [-0.05, 0) is 24.0 Å². The van der Waals surface area contributed by atoms with Gasteiger partial charge in [0.05, 0.1) is 13.2 Å². The molecule has 23 heavy (non-hydrogen) atoms. The van der Waals surface area contributed by atoms with E-state index in [0.29, 0.717) is 32.5 Å². The van der Waals surface area contributed by atoms with Gasteiger partial charge in [-0.3, -0.25) is 4.79 Å². The summed E-state index contributed by atoms with van der Waals surface area (Å²) in [5, 5.41) is 12.3. The highest BCUT2D eigenvalue weighted by molar-refractivity contribution is 5.77. The van der Waals surface area contributed by atoms with Crippen LogP contribution in [0.2, 0.25) is 0 Å². The average molecular weight is 316 g/mol. The van der Waals surface area contributed by atoms with Crippen molar-refractivity contribution in [3.8, 4) is 11.8 Å². The van der Waals surface area contributed by atoms with Gasteiger partial charge in [-0.2, -0.15) is 5.26 Å². The number of carbonyl (C=O) groups is 1. The van der Waals surface area contributed by atoms with Crippen LogP contribution in [-0.4, -0.2) is 31.8 Å². The highest BCUT2D eigenvalue weighted by atomic mass is 16.5. The maximum Gasteiger partial charge on any atom is 0.221 e. The van der Waals surface area contributed by atoms with Gasteiger partial charge in [0.1, 0.15) is 11.3 Å². The summed E-state index contributed by atoms with van der Waals surface area (Å²) in [4.78, 5) is 12.3. The van der Waals surface area contributed by atoms with E-state index in [2.05, 4.69) is 11.4 Å². The van der Waals surface area contributed by atoms with Crippen molar-refractivity contribution in [3.05, 3.63) is 29.8 Å². The Morgan fingerprint density at radius 2 is 2.13 bits per heavy atom. The fraction of sp³-hybridized carbons (Fsp3) is 0.556. The van der Waals surface area contributed by atoms with Gasteiger partial charge in [0.2, 0.25) is 5.91 Å². The van der Waals surface area contributed by atoms with Gasteiger partial charge < -0.3 is 14.8 Å². The number of rotatable bonds is 6. The van der Waals surface area contributed by atoms with Crippen molar-refractivity contribution < 1.29 is 14.3 Å². The summed E-state index contributed by atoms with van der Waals surface area (Å²) in [6, 6.07) is 10.1. The minimum absolute atomic E-state index is 0.0733. The van der Waals surface area contributed by atoms with Crippen LogP contribution in [0.15, 0.2) is 24.3 Å². The number of nitriles is 1. The molecule has 5 heteroatoms. The third-order valence-corrected chi connectivity index (χ3v) is 4.23. The van der Waals surface area contributed by atoms with Crippen molar-refractivity contribution in [2.24, 2.45) is 5.92 Å². The number of benzene rings is 1. The van der Waals surface area contributed by atoms with Crippen LogP contribution in [0.4, 0.5) is 0 Å². The Balaban J connectivity index is 1.90. The quantitative estimate of drug-likeness (QED) is 0.875. The molecule has 2 rings (SSSR count). The standard InChI is InChI=1S/C18H24N2O3/c1-14(11-15-5-3-4-6-16(15)22-2)12-17(21)20-18(13-19)7-9-23-10-8-18/h3-6,14H,7-12H2,1-2H3,(H,20,21). The van der Waals surface area contributed by atoms with Crippen LogP contribution in [-0.2, 0) is 16.0 Å². The Hall–Kier alpha value is -2.06. The Morgan fingerprint density at radius 3 is 2.78 bits per heavy atom. The SMILES string of the molecule is COc1ccccc1CC(C)CC(=O)NC1(C#N)CCOCC1. The molecule has 1 aromatic rings. The van der Waals surface area contributed by atoms with Gasteiger partial charge in [-0.15, -0.1) is 0 Å². The minimum Gasteiger partial charge on any atom is -0.496 e. The third kappa shape index (κ3) is 4.70. The van der Waals surface area contributed by atoms with E-state index in [1.54, 1.807) is 7.11 Å². The minimum atomic E-state index is -0.764. The average Bonchev–Trinajstić information content (AvgIpc) is 2.56. The lowest BCUT2D eigenvalue weighted by molar-refractivity contribution is -0.124. The van der Waals surface area contributed by atoms with Gasteiger partial charge in [0.25, 0.3) is 0 Å². The number of ether oxygens (including phenoxy) is 2.